The zero-order valence-electron chi connectivity index (χ0n) is 23.7. The summed E-state index contributed by atoms with van der Waals surface area (Å²) in [6, 6.07) is 0. The molecule has 2 saturated carbocycles. The van der Waals surface area contributed by atoms with Crippen LogP contribution in [0.5, 0.6) is 0 Å². The van der Waals surface area contributed by atoms with Gasteiger partial charge in [0.15, 0.2) is 0 Å². The van der Waals surface area contributed by atoms with Crippen LogP contribution in [0.15, 0.2) is 0 Å². The molecule has 0 aromatic rings. The second-order valence-electron chi connectivity index (χ2n) is 11.9. The van der Waals surface area contributed by atoms with Gasteiger partial charge in [-0.05, 0) is 63.2 Å². The number of hydrogen-bond donors (Lipinski definition) is 0. The van der Waals surface area contributed by atoms with Crippen LogP contribution in [0, 0.1) is 11.8 Å². The summed E-state index contributed by atoms with van der Waals surface area (Å²) >= 11 is 0. The quantitative estimate of drug-likeness (QED) is 0.0628. The molecule has 2 aliphatic carbocycles. The molecule has 0 aromatic heterocycles. The fourth-order valence-electron chi connectivity index (χ4n) is 6.45. The van der Waals surface area contributed by atoms with Gasteiger partial charge in [0.05, 0.1) is 10.5 Å². The number of sulfone groups is 2. The molecule has 2 aliphatic rings. The second kappa shape index (κ2) is 17.1. The van der Waals surface area contributed by atoms with Crippen LogP contribution < -0.4 is 0 Å². The SMILES string of the molecule is CCCCCCCCC1CCC(S(=O)(=O)C(=[N+]=[N-])S(=O)(=O)C2CCC(CCCCCCCC)CC2)CC1. The van der Waals surface area contributed by atoms with Crippen LogP contribution in [-0.2, 0) is 19.7 Å². The third kappa shape index (κ3) is 10.4. The lowest BCUT2D eigenvalue weighted by atomic mass is 9.85. The van der Waals surface area contributed by atoms with Crippen molar-refractivity contribution in [2.45, 2.75) is 166 Å². The van der Waals surface area contributed by atoms with Gasteiger partial charge in [0.1, 0.15) is 0 Å². The third-order valence-electron chi connectivity index (χ3n) is 8.97. The highest BCUT2D eigenvalue weighted by Gasteiger charge is 2.50. The molecule has 2 rings (SSSR count). The van der Waals surface area contributed by atoms with Crippen molar-refractivity contribution in [2.75, 3.05) is 0 Å². The molecule has 0 spiro atoms. The maximum atomic E-state index is 13.3. The van der Waals surface area contributed by atoms with Crippen molar-refractivity contribution in [3.8, 4) is 0 Å². The third-order valence-corrected chi connectivity index (χ3v) is 14.2. The van der Waals surface area contributed by atoms with Crippen molar-refractivity contribution in [3.05, 3.63) is 5.53 Å². The Balaban J connectivity index is 1.81. The van der Waals surface area contributed by atoms with Gasteiger partial charge in [-0.3, -0.25) is 0 Å². The first kappa shape index (κ1) is 32.5. The van der Waals surface area contributed by atoms with Crippen LogP contribution in [0.3, 0.4) is 0 Å². The first-order chi connectivity index (χ1) is 17.8. The standard InChI is InChI=1S/C29H54N2O4S2/c1-3-5-7-9-11-13-15-25-17-21-27(22-18-25)36(32,33)29(31-30)37(34,35)28-23-19-26(20-24-28)16-14-12-10-8-6-4-2/h25-28H,3-24H2,1-2H3. The van der Waals surface area contributed by atoms with E-state index in [0.29, 0.717) is 37.5 Å². The van der Waals surface area contributed by atoms with Gasteiger partial charge in [0, 0.05) is 0 Å². The van der Waals surface area contributed by atoms with Crippen LogP contribution in [0.2, 0.25) is 0 Å². The predicted octanol–water partition coefficient (Wildman–Crippen LogP) is 8.02. The molecular formula is C29H54N2O4S2. The van der Waals surface area contributed by atoms with Gasteiger partial charge in [-0.2, -0.15) is 0 Å². The van der Waals surface area contributed by atoms with Crippen molar-refractivity contribution in [1.29, 1.82) is 0 Å². The molecule has 37 heavy (non-hydrogen) atoms. The Morgan fingerprint density at radius 1 is 0.568 bits per heavy atom. The van der Waals surface area contributed by atoms with Crippen molar-refractivity contribution in [3.63, 3.8) is 0 Å². The highest BCUT2D eigenvalue weighted by atomic mass is 32.3. The maximum absolute atomic E-state index is 13.3. The van der Waals surface area contributed by atoms with Crippen LogP contribution in [0.4, 0.5) is 0 Å². The first-order valence-electron chi connectivity index (χ1n) is 15.5. The Morgan fingerprint density at radius 3 is 1.22 bits per heavy atom. The lowest BCUT2D eigenvalue weighted by Gasteiger charge is -2.29. The molecule has 8 heteroatoms. The van der Waals surface area contributed by atoms with Crippen LogP contribution in [0.1, 0.15) is 155 Å². The average Bonchev–Trinajstić information content (AvgIpc) is 2.89. The van der Waals surface area contributed by atoms with Crippen LogP contribution >= 0.6 is 0 Å². The highest BCUT2D eigenvalue weighted by Crippen LogP contribution is 2.36. The zero-order valence-corrected chi connectivity index (χ0v) is 25.3. The molecule has 0 aliphatic heterocycles. The molecule has 0 bridgehead atoms. The van der Waals surface area contributed by atoms with Crippen LogP contribution in [0.25, 0.3) is 5.53 Å². The summed E-state index contributed by atoms with van der Waals surface area (Å²) in [7, 11) is -8.33. The second-order valence-corrected chi connectivity index (χ2v) is 16.4. The van der Waals surface area contributed by atoms with Crippen molar-refractivity contribution >= 4 is 24.1 Å². The summed E-state index contributed by atoms with van der Waals surface area (Å²) < 4.78 is 52.3. The summed E-state index contributed by atoms with van der Waals surface area (Å²) in [6.45, 7) is 4.43. The van der Waals surface area contributed by atoms with Crippen molar-refractivity contribution in [1.82, 2.24) is 0 Å². The molecule has 0 heterocycles. The molecule has 0 atom stereocenters. The minimum Gasteiger partial charge on any atom is -0.359 e. The van der Waals surface area contributed by atoms with E-state index in [2.05, 4.69) is 18.6 Å². The largest absolute Gasteiger partial charge is 0.495 e. The Labute approximate surface area is 228 Å². The fourth-order valence-corrected chi connectivity index (χ4v) is 11.1. The Bertz CT molecular complexity index is 826. The number of hydrogen-bond acceptors (Lipinski definition) is 4. The maximum Gasteiger partial charge on any atom is 0.495 e. The highest BCUT2D eigenvalue weighted by molar-refractivity contribution is 8.31. The molecule has 216 valence electrons. The molecular weight excluding hydrogens is 504 g/mol. The van der Waals surface area contributed by atoms with E-state index in [9.17, 15) is 22.4 Å². The number of rotatable bonds is 16. The van der Waals surface area contributed by atoms with Crippen molar-refractivity contribution < 1.29 is 21.6 Å². The van der Waals surface area contributed by atoms with Gasteiger partial charge in [0.2, 0.25) is 0 Å². The summed E-state index contributed by atoms with van der Waals surface area (Å²) in [5.41, 5.74) is 9.60. The summed E-state index contributed by atoms with van der Waals surface area (Å²) in [4.78, 5) is 2.93. The van der Waals surface area contributed by atoms with Crippen molar-refractivity contribution in [2.24, 2.45) is 11.8 Å². The van der Waals surface area contributed by atoms with E-state index in [0.717, 1.165) is 38.5 Å². The molecule has 0 aromatic carbocycles. The monoisotopic (exact) mass is 558 g/mol. The topological polar surface area (TPSA) is 105 Å². The molecule has 0 saturated heterocycles. The molecule has 0 N–H and O–H groups in total. The first-order valence-corrected chi connectivity index (χ1v) is 18.6. The minimum atomic E-state index is -4.17. The van der Waals surface area contributed by atoms with E-state index in [1.165, 1.54) is 77.0 Å². The Hall–Kier alpha value is -0.720. The molecule has 0 radical (unpaired) electrons. The number of unbranched alkanes of at least 4 members (excludes halogenated alkanes) is 10. The van der Waals surface area contributed by atoms with E-state index in [1.807, 2.05) is 0 Å². The smallest absolute Gasteiger partial charge is 0.359 e. The van der Waals surface area contributed by atoms with Gasteiger partial charge < -0.3 is 5.53 Å². The zero-order chi connectivity index (χ0) is 27.2. The summed E-state index contributed by atoms with van der Waals surface area (Å²) in [5.74, 6) is 1.04. The lowest BCUT2D eigenvalue weighted by Crippen LogP contribution is -2.41. The average molecular weight is 559 g/mol. The van der Waals surface area contributed by atoms with Crippen LogP contribution in [-0.4, -0.2) is 36.5 Å². The molecule has 6 nitrogen and oxygen atoms in total. The molecule has 0 amide bonds. The van der Waals surface area contributed by atoms with E-state index in [-0.39, 0.29) is 0 Å². The van der Waals surface area contributed by atoms with Gasteiger partial charge in [0.25, 0.3) is 19.7 Å². The van der Waals surface area contributed by atoms with Gasteiger partial charge in [-0.1, -0.05) is 104 Å². The van der Waals surface area contributed by atoms with Gasteiger partial charge in [-0.25, -0.2) is 16.8 Å². The Kier molecular flexibility index (Phi) is 15.0. The fraction of sp³-hybridized carbons (Fsp3) is 0.966. The number of nitrogens with zero attached hydrogens (tertiary/aromatic N) is 2. The summed E-state index contributed by atoms with van der Waals surface area (Å²) in [6.07, 6.45) is 22.4. The predicted molar refractivity (Wildman–Crippen MR) is 154 cm³/mol. The van der Waals surface area contributed by atoms with Gasteiger partial charge >= 0.3 is 4.38 Å². The van der Waals surface area contributed by atoms with E-state index < -0.39 is 34.6 Å². The lowest BCUT2D eigenvalue weighted by molar-refractivity contribution is 0.00356. The normalized spacial score (nSPS) is 25.0. The Morgan fingerprint density at radius 2 is 0.892 bits per heavy atom. The summed E-state index contributed by atoms with van der Waals surface area (Å²) in [5, 5.41) is -1.50. The van der Waals surface area contributed by atoms with E-state index >= 15 is 0 Å². The van der Waals surface area contributed by atoms with E-state index in [4.69, 9.17) is 0 Å². The van der Waals surface area contributed by atoms with E-state index in [1.54, 1.807) is 0 Å². The molecule has 2 fully saturated rings. The van der Waals surface area contributed by atoms with Gasteiger partial charge in [-0.15, -0.1) is 4.79 Å². The molecule has 0 unspecified atom stereocenters. The minimum absolute atomic E-state index is 0.461.